The molecule has 0 radical (unpaired) electrons. The molecule has 7 N–H and O–H groups in total. The maximum absolute atomic E-state index is 13.9. The van der Waals surface area contributed by atoms with Crippen LogP contribution in [0.4, 0.5) is 0 Å². The summed E-state index contributed by atoms with van der Waals surface area (Å²) in [4.78, 5) is 124. The first kappa shape index (κ1) is 47.4. The Balaban J connectivity index is 2.47. The van der Waals surface area contributed by atoms with Gasteiger partial charge in [-0.1, -0.05) is 30.3 Å². The summed E-state index contributed by atoms with van der Waals surface area (Å²) in [7, 11) is 0. The van der Waals surface area contributed by atoms with Crippen LogP contribution in [0.3, 0.4) is 0 Å². The fourth-order valence-electron chi connectivity index (χ4n) is 5.21. The number of hydrogen-bond donors (Lipinski definition) is 7. The predicted molar refractivity (Wildman–Crippen MR) is 197 cm³/mol. The number of carboxylic acids is 1. The SMILES string of the molecule is CC(=O)NCC(=O)NCC(=O)N[C@@H](Cc1ccccc1)C(=O)N[C@@H](CS[C@H]1O[C@H](COC(C)=O)[C@H](OC(C)=O)[C@H](OC(C)=O)[C@H]1NC(C)=O)C(=O)N[C@@H](C)C(=O)O. The normalized spacial score (nSPS) is 20.1. The third kappa shape index (κ3) is 17.3. The fraction of sp³-hybridized carbons (Fsp3) is 0.543. The number of benzene rings is 1. The van der Waals surface area contributed by atoms with Crippen molar-refractivity contribution in [1.29, 1.82) is 0 Å². The average Bonchev–Trinajstić information content (AvgIpc) is 3.12. The van der Waals surface area contributed by atoms with Crippen LogP contribution in [0.5, 0.6) is 0 Å². The van der Waals surface area contributed by atoms with Gasteiger partial charge in [-0.2, -0.15) is 0 Å². The highest BCUT2D eigenvalue weighted by atomic mass is 32.2. The molecule has 0 unspecified atom stereocenters. The first-order valence-corrected chi connectivity index (χ1v) is 18.5. The zero-order valence-electron chi connectivity index (χ0n) is 32.1. The molecule has 0 bridgehead atoms. The standard InChI is InChI=1S/C35H48N6O15S/c1-17(34(51)52)38-33(50)25(41-32(49)24(12-23-10-8-7-9-11-23)40-28(48)14-37-27(47)13-36-18(2)42)16-57-35-29(39-19(3)43)31(55-22(6)46)30(54-21(5)45)26(56-35)15-53-20(4)44/h7-11,17,24-26,29-31,35H,12-16H2,1-6H3,(H,36,42)(H,37,47)(H,38,50)(H,39,43)(H,40,48)(H,41,49)(H,51,52)/t17-,24-,25-,26+,29+,30-,31+,35+/m0/s1. The van der Waals surface area contributed by atoms with Gasteiger partial charge in [0.25, 0.3) is 0 Å². The molecule has 57 heavy (non-hydrogen) atoms. The molecule has 0 spiro atoms. The van der Waals surface area contributed by atoms with Crippen LogP contribution < -0.4 is 31.9 Å². The van der Waals surface area contributed by atoms with Crippen molar-refractivity contribution >= 4 is 71.1 Å². The Morgan fingerprint density at radius 3 is 1.89 bits per heavy atom. The van der Waals surface area contributed by atoms with Gasteiger partial charge in [0.05, 0.1) is 13.1 Å². The molecule has 1 heterocycles. The molecule has 1 aliphatic rings. The van der Waals surface area contributed by atoms with Gasteiger partial charge in [0.15, 0.2) is 12.2 Å². The number of nitrogens with one attached hydrogen (secondary N) is 6. The van der Waals surface area contributed by atoms with Gasteiger partial charge in [-0.25, -0.2) is 0 Å². The summed E-state index contributed by atoms with van der Waals surface area (Å²) in [5, 5.41) is 24.0. The van der Waals surface area contributed by atoms with Gasteiger partial charge in [-0.05, 0) is 12.5 Å². The zero-order chi connectivity index (χ0) is 42.8. The number of aliphatic carboxylic acids is 1. The smallest absolute Gasteiger partial charge is 0.325 e. The van der Waals surface area contributed by atoms with Crippen molar-refractivity contribution in [2.24, 2.45) is 0 Å². The summed E-state index contributed by atoms with van der Waals surface area (Å²) in [6.45, 7) is 5.31. The topological polar surface area (TPSA) is 300 Å². The average molecular weight is 825 g/mol. The number of esters is 3. The lowest BCUT2D eigenvalue weighted by Crippen LogP contribution is -2.65. The molecular weight excluding hydrogens is 776 g/mol. The third-order valence-corrected chi connectivity index (χ3v) is 9.00. The molecule has 314 valence electrons. The zero-order valence-corrected chi connectivity index (χ0v) is 32.9. The number of rotatable bonds is 20. The predicted octanol–water partition coefficient (Wildman–Crippen LogP) is -2.57. The first-order valence-electron chi connectivity index (χ1n) is 17.5. The minimum atomic E-state index is -1.55. The van der Waals surface area contributed by atoms with Crippen LogP contribution in [0.25, 0.3) is 0 Å². The van der Waals surface area contributed by atoms with Gasteiger partial charge >= 0.3 is 23.9 Å². The van der Waals surface area contributed by atoms with Crippen LogP contribution in [0.15, 0.2) is 30.3 Å². The number of carbonyl (C=O) groups excluding carboxylic acids is 9. The van der Waals surface area contributed by atoms with Crippen molar-refractivity contribution in [2.45, 2.75) is 95.9 Å². The van der Waals surface area contributed by atoms with Crippen LogP contribution in [0.2, 0.25) is 0 Å². The molecule has 0 aromatic heterocycles. The van der Waals surface area contributed by atoms with E-state index in [-0.39, 0.29) is 6.42 Å². The van der Waals surface area contributed by atoms with Crippen LogP contribution >= 0.6 is 11.8 Å². The van der Waals surface area contributed by atoms with Crippen LogP contribution in [-0.2, 0) is 73.3 Å². The number of thioether (sulfide) groups is 1. The van der Waals surface area contributed by atoms with E-state index in [1.165, 1.54) is 13.8 Å². The highest BCUT2D eigenvalue weighted by Gasteiger charge is 2.51. The lowest BCUT2D eigenvalue weighted by atomic mass is 9.97. The molecule has 1 aromatic rings. The van der Waals surface area contributed by atoms with E-state index in [1.54, 1.807) is 30.3 Å². The fourth-order valence-corrected chi connectivity index (χ4v) is 6.47. The lowest BCUT2D eigenvalue weighted by molar-refractivity contribution is -0.211. The maximum Gasteiger partial charge on any atom is 0.325 e. The van der Waals surface area contributed by atoms with Crippen molar-refractivity contribution in [3.63, 3.8) is 0 Å². The number of ether oxygens (including phenoxy) is 4. The van der Waals surface area contributed by atoms with Gasteiger partial charge in [-0.3, -0.25) is 47.9 Å². The Hall–Kier alpha value is -5.77. The quantitative estimate of drug-likeness (QED) is 0.0525. The summed E-state index contributed by atoms with van der Waals surface area (Å²) in [5.74, 6) is -8.64. The van der Waals surface area contributed by atoms with E-state index in [1.807, 2.05) is 0 Å². The second-order valence-corrected chi connectivity index (χ2v) is 13.8. The molecule has 8 atom stereocenters. The molecule has 0 saturated carbocycles. The molecule has 6 amide bonds. The Kier molecular flexibility index (Phi) is 19.4. The van der Waals surface area contributed by atoms with Crippen molar-refractivity contribution in [2.75, 3.05) is 25.4 Å². The molecular formula is C35H48N6O15S. The van der Waals surface area contributed by atoms with Crippen LogP contribution in [0, 0.1) is 0 Å². The second-order valence-electron chi connectivity index (χ2n) is 12.7. The third-order valence-electron chi connectivity index (χ3n) is 7.74. The molecule has 22 heteroatoms. The van der Waals surface area contributed by atoms with Gasteiger partial charge in [-0.15, -0.1) is 11.8 Å². The summed E-state index contributed by atoms with van der Waals surface area (Å²) >= 11 is 0.802. The Labute approximate surface area is 331 Å². The molecule has 1 saturated heterocycles. The molecule has 2 rings (SSSR count). The van der Waals surface area contributed by atoms with Gasteiger partial charge in [0.1, 0.15) is 42.3 Å². The Morgan fingerprint density at radius 1 is 0.737 bits per heavy atom. The van der Waals surface area contributed by atoms with Crippen LogP contribution in [0.1, 0.15) is 47.1 Å². The van der Waals surface area contributed by atoms with Gasteiger partial charge in [0.2, 0.25) is 35.4 Å². The maximum atomic E-state index is 13.9. The summed E-state index contributed by atoms with van der Waals surface area (Å²) in [6.07, 6.45) is -4.18. The van der Waals surface area contributed by atoms with Crippen molar-refractivity contribution < 1.29 is 72.0 Å². The Morgan fingerprint density at radius 2 is 1.33 bits per heavy atom. The van der Waals surface area contributed by atoms with E-state index >= 15 is 0 Å². The van der Waals surface area contributed by atoms with Gasteiger partial charge in [0, 0.05) is 46.8 Å². The number of carbonyl (C=O) groups is 10. The number of amides is 6. The van der Waals surface area contributed by atoms with E-state index < -0.39 is 133 Å². The number of hydrogen-bond acceptors (Lipinski definition) is 15. The van der Waals surface area contributed by atoms with E-state index in [4.69, 9.17) is 18.9 Å². The molecule has 1 aromatic carbocycles. The second kappa shape index (κ2) is 23.3. The summed E-state index contributed by atoms with van der Waals surface area (Å²) in [5.41, 5.74) is -0.662. The molecule has 1 aliphatic heterocycles. The summed E-state index contributed by atoms with van der Waals surface area (Å²) < 4.78 is 22.2. The van der Waals surface area contributed by atoms with E-state index in [0.717, 1.165) is 39.5 Å². The van der Waals surface area contributed by atoms with E-state index in [0.29, 0.717) is 5.56 Å². The van der Waals surface area contributed by atoms with Crippen LogP contribution in [-0.4, -0.2) is 138 Å². The van der Waals surface area contributed by atoms with E-state index in [2.05, 4.69) is 31.9 Å². The van der Waals surface area contributed by atoms with E-state index in [9.17, 15) is 53.1 Å². The first-order chi connectivity index (χ1) is 26.8. The lowest BCUT2D eigenvalue weighted by Gasteiger charge is -2.45. The summed E-state index contributed by atoms with van der Waals surface area (Å²) in [6, 6.07) is 2.85. The molecule has 1 fully saturated rings. The monoisotopic (exact) mass is 824 g/mol. The van der Waals surface area contributed by atoms with Gasteiger partial charge < -0.3 is 56.0 Å². The number of carboxylic acid groups (broad SMARTS) is 1. The molecule has 0 aliphatic carbocycles. The highest BCUT2D eigenvalue weighted by Crippen LogP contribution is 2.33. The minimum Gasteiger partial charge on any atom is -0.480 e. The highest BCUT2D eigenvalue weighted by molar-refractivity contribution is 7.99. The molecule has 21 nitrogen and oxygen atoms in total. The van der Waals surface area contributed by atoms with Crippen molar-refractivity contribution in [3.05, 3.63) is 35.9 Å². The Bertz CT molecular complexity index is 1650. The largest absolute Gasteiger partial charge is 0.480 e. The minimum absolute atomic E-state index is 0.0962. The van der Waals surface area contributed by atoms with Crippen molar-refractivity contribution in [1.82, 2.24) is 31.9 Å². The van der Waals surface area contributed by atoms with Crippen molar-refractivity contribution in [3.8, 4) is 0 Å².